The Balaban J connectivity index is 2.01. The van der Waals surface area contributed by atoms with Gasteiger partial charge in [0.25, 0.3) is 0 Å². The Morgan fingerprint density at radius 3 is 2.54 bits per heavy atom. The van der Waals surface area contributed by atoms with Crippen molar-refractivity contribution >= 4 is 22.3 Å². The van der Waals surface area contributed by atoms with Crippen molar-refractivity contribution in [1.82, 2.24) is 0 Å². The Bertz CT molecular complexity index is 1100. The van der Waals surface area contributed by atoms with Crippen LogP contribution in [0, 0.1) is 11.3 Å². The number of carbonyl (C=O) groups excluding carboxylic acids is 2. The van der Waals surface area contributed by atoms with Crippen molar-refractivity contribution in [2.75, 3.05) is 0 Å². The highest BCUT2D eigenvalue weighted by molar-refractivity contribution is 6.16. The summed E-state index contributed by atoms with van der Waals surface area (Å²) < 4.78 is 0. The smallest absolute Gasteiger partial charge is 0.166 e. The maximum atomic E-state index is 13.5. The Morgan fingerprint density at radius 2 is 1.82 bits per heavy atom. The van der Waals surface area contributed by atoms with Crippen molar-refractivity contribution < 1.29 is 14.7 Å². The number of benzene rings is 2. The van der Waals surface area contributed by atoms with E-state index in [9.17, 15) is 14.7 Å². The fourth-order valence-corrected chi connectivity index (χ4v) is 5.06. The Morgan fingerprint density at radius 1 is 1.11 bits per heavy atom. The lowest BCUT2D eigenvalue weighted by Crippen LogP contribution is -2.50. The average Bonchev–Trinajstić information content (AvgIpc) is 2.71. The van der Waals surface area contributed by atoms with Crippen LogP contribution in [0.1, 0.15) is 38.7 Å². The number of carbonyl (C=O) groups is 2. The first-order chi connectivity index (χ1) is 13.3. The molecule has 2 aromatic rings. The predicted molar refractivity (Wildman–Crippen MR) is 111 cm³/mol. The van der Waals surface area contributed by atoms with Crippen LogP contribution < -0.4 is 0 Å². The van der Waals surface area contributed by atoms with Crippen LogP contribution in [0.4, 0.5) is 0 Å². The van der Waals surface area contributed by atoms with Crippen molar-refractivity contribution in [1.29, 1.82) is 0 Å². The van der Waals surface area contributed by atoms with Crippen molar-refractivity contribution in [3.63, 3.8) is 0 Å². The zero-order chi connectivity index (χ0) is 20.2. The molecule has 0 heterocycles. The molecular formula is C25H24O3. The average molecular weight is 372 g/mol. The van der Waals surface area contributed by atoms with E-state index in [4.69, 9.17) is 0 Å². The maximum absolute atomic E-state index is 13.5. The third kappa shape index (κ3) is 2.29. The van der Waals surface area contributed by atoms with Gasteiger partial charge in [-0.1, -0.05) is 62.1 Å². The third-order valence-corrected chi connectivity index (χ3v) is 6.80. The molecule has 3 heteroatoms. The van der Waals surface area contributed by atoms with Gasteiger partial charge in [0.15, 0.2) is 11.6 Å². The lowest BCUT2D eigenvalue weighted by Gasteiger charge is -2.48. The van der Waals surface area contributed by atoms with Gasteiger partial charge >= 0.3 is 0 Å². The summed E-state index contributed by atoms with van der Waals surface area (Å²) >= 11 is 0. The minimum absolute atomic E-state index is 0.0143. The zero-order valence-electron chi connectivity index (χ0n) is 16.5. The highest BCUT2D eigenvalue weighted by atomic mass is 16.3. The number of hydrogen-bond acceptors (Lipinski definition) is 3. The van der Waals surface area contributed by atoms with E-state index in [0.717, 1.165) is 16.3 Å². The molecule has 0 radical (unpaired) electrons. The van der Waals surface area contributed by atoms with Crippen LogP contribution in [0.5, 0.6) is 5.75 Å². The van der Waals surface area contributed by atoms with Crippen LogP contribution in [0.3, 0.4) is 0 Å². The van der Waals surface area contributed by atoms with E-state index < -0.39 is 17.3 Å². The van der Waals surface area contributed by atoms with Gasteiger partial charge in [-0.2, -0.15) is 0 Å². The van der Waals surface area contributed by atoms with Crippen molar-refractivity contribution in [2.45, 2.75) is 33.1 Å². The number of allylic oxidation sites excluding steroid dienone is 5. The van der Waals surface area contributed by atoms with Crippen LogP contribution in [0.25, 0.3) is 10.8 Å². The van der Waals surface area contributed by atoms with Crippen molar-refractivity contribution in [3.8, 4) is 5.75 Å². The van der Waals surface area contributed by atoms with E-state index in [-0.39, 0.29) is 17.3 Å². The van der Waals surface area contributed by atoms with Crippen LogP contribution in [0.2, 0.25) is 0 Å². The van der Waals surface area contributed by atoms with Gasteiger partial charge in [0.1, 0.15) is 5.75 Å². The quantitative estimate of drug-likeness (QED) is 0.783. The van der Waals surface area contributed by atoms with Crippen LogP contribution in [-0.4, -0.2) is 16.7 Å². The van der Waals surface area contributed by atoms with Gasteiger partial charge in [0.2, 0.25) is 0 Å². The topological polar surface area (TPSA) is 54.4 Å². The highest BCUT2D eigenvalue weighted by Crippen LogP contribution is 2.57. The molecule has 0 amide bonds. The van der Waals surface area contributed by atoms with Crippen molar-refractivity contribution in [3.05, 3.63) is 77.4 Å². The summed E-state index contributed by atoms with van der Waals surface area (Å²) in [6.45, 7) is 9.30. The molecule has 0 spiro atoms. The Labute approximate surface area is 165 Å². The molecule has 0 aromatic heterocycles. The number of hydrogen-bond donors (Lipinski definition) is 1. The molecule has 0 fully saturated rings. The van der Waals surface area contributed by atoms with Gasteiger partial charge in [-0.25, -0.2) is 0 Å². The Kier molecular flexibility index (Phi) is 4.15. The first kappa shape index (κ1) is 18.4. The monoisotopic (exact) mass is 372 g/mol. The Hall–Kier alpha value is -2.94. The molecule has 0 saturated carbocycles. The number of aromatic hydroxyl groups is 1. The number of ketones is 2. The number of Topliss-reactive ketones (excluding diaryl/α,β-unsaturated/α-hetero) is 2. The molecule has 28 heavy (non-hydrogen) atoms. The van der Waals surface area contributed by atoms with E-state index in [1.165, 1.54) is 0 Å². The molecule has 0 aliphatic heterocycles. The van der Waals surface area contributed by atoms with Gasteiger partial charge in [0, 0.05) is 22.8 Å². The first-order valence-electron chi connectivity index (χ1n) is 9.62. The van der Waals surface area contributed by atoms with Crippen LogP contribution in [-0.2, 0) is 9.59 Å². The number of phenols is 1. The molecule has 1 N–H and O–H groups in total. The summed E-state index contributed by atoms with van der Waals surface area (Å²) in [7, 11) is 0. The van der Waals surface area contributed by atoms with E-state index >= 15 is 0 Å². The fourth-order valence-electron chi connectivity index (χ4n) is 5.06. The summed E-state index contributed by atoms with van der Waals surface area (Å²) in [4.78, 5) is 26.6. The van der Waals surface area contributed by atoms with E-state index in [2.05, 4.69) is 6.58 Å². The molecule has 0 unspecified atom stereocenters. The van der Waals surface area contributed by atoms with Crippen molar-refractivity contribution in [2.24, 2.45) is 11.3 Å². The lowest BCUT2D eigenvalue weighted by molar-refractivity contribution is -0.138. The summed E-state index contributed by atoms with van der Waals surface area (Å²) in [6.07, 6.45) is 4.26. The molecule has 2 aliphatic rings. The minimum atomic E-state index is -0.946. The molecule has 2 aliphatic carbocycles. The number of rotatable bonds is 2. The molecule has 0 saturated heterocycles. The largest absolute Gasteiger partial charge is 0.507 e. The highest BCUT2D eigenvalue weighted by Gasteiger charge is 2.56. The van der Waals surface area contributed by atoms with E-state index in [1.54, 1.807) is 19.9 Å². The van der Waals surface area contributed by atoms with Gasteiger partial charge in [0.05, 0.1) is 5.41 Å². The first-order valence-corrected chi connectivity index (χ1v) is 9.62. The second kappa shape index (κ2) is 6.30. The minimum Gasteiger partial charge on any atom is -0.507 e. The zero-order valence-corrected chi connectivity index (χ0v) is 16.5. The number of phenolic OH excluding ortho intramolecular Hbond substituents is 1. The molecule has 3 atom stereocenters. The van der Waals surface area contributed by atoms with Crippen LogP contribution in [0.15, 0.2) is 71.8 Å². The fraction of sp³-hybridized carbons (Fsp3) is 0.280. The summed E-state index contributed by atoms with van der Waals surface area (Å²) in [5, 5.41) is 12.8. The second-order valence-corrected chi connectivity index (χ2v) is 8.08. The molecule has 142 valence electrons. The number of fused-ring (bicyclic) bond motifs is 2. The summed E-state index contributed by atoms with van der Waals surface area (Å²) in [6, 6.07) is 11.5. The standard InChI is InChI=1S/C25H24O3/c1-5-16-11-13-20-22(26)14(2)15(3)24(28)25(20,4)21(16)19-12-10-17-8-6-7-9-18(17)23(19)27/h5-12,20-21,27H,1,13H2,2-4H3/t20-,21+,25+/m0/s1. The molecule has 4 rings (SSSR count). The lowest BCUT2D eigenvalue weighted by atomic mass is 9.52. The SMILES string of the molecule is C=CC1=CC[C@H]2C(=O)C(C)=C(C)C(=O)[C@@]2(C)[C@H]1c1ccc2ccccc2c1O. The molecule has 3 nitrogen and oxygen atoms in total. The predicted octanol–water partition coefficient (Wildman–Crippen LogP) is 5.26. The van der Waals surface area contributed by atoms with Gasteiger partial charge in [-0.15, -0.1) is 0 Å². The molecular weight excluding hydrogens is 348 g/mol. The van der Waals surface area contributed by atoms with Crippen LogP contribution >= 0.6 is 0 Å². The third-order valence-electron chi connectivity index (χ3n) is 6.80. The normalized spacial score (nSPS) is 27.6. The van der Waals surface area contributed by atoms with Gasteiger partial charge in [-0.05, 0) is 42.4 Å². The molecule has 0 bridgehead atoms. The second-order valence-electron chi connectivity index (χ2n) is 8.08. The van der Waals surface area contributed by atoms with Gasteiger partial charge in [-0.3, -0.25) is 9.59 Å². The summed E-state index contributed by atoms with van der Waals surface area (Å²) in [5.74, 6) is -0.665. The van der Waals surface area contributed by atoms with E-state index in [1.807, 2.05) is 49.4 Å². The molecule has 2 aromatic carbocycles. The van der Waals surface area contributed by atoms with Gasteiger partial charge < -0.3 is 5.11 Å². The van der Waals surface area contributed by atoms with E-state index in [0.29, 0.717) is 23.1 Å². The maximum Gasteiger partial charge on any atom is 0.166 e. The summed E-state index contributed by atoms with van der Waals surface area (Å²) in [5.41, 5.74) is 1.70.